The second kappa shape index (κ2) is 7.62. The Morgan fingerprint density at radius 2 is 2.11 bits per heavy atom. The van der Waals surface area contributed by atoms with Gasteiger partial charge in [0.05, 0.1) is 20.3 Å². The van der Waals surface area contributed by atoms with Gasteiger partial charge in [-0.2, -0.15) is 15.0 Å². The minimum absolute atomic E-state index is 0.00305. The van der Waals surface area contributed by atoms with Crippen LogP contribution in [0.25, 0.3) is 0 Å². The van der Waals surface area contributed by atoms with Gasteiger partial charge < -0.3 is 20.1 Å². The Bertz CT molecular complexity index is 394. The van der Waals surface area contributed by atoms with Gasteiger partial charge in [-0.25, -0.2) is 8.78 Å². The first kappa shape index (κ1) is 15.3. The molecule has 1 aromatic heterocycles. The van der Waals surface area contributed by atoms with Crippen LogP contribution in [0.4, 0.5) is 20.7 Å². The Balaban J connectivity index is 3.02. The van der Waals surface area contributed by atoms with Crippen LogP contribution < -0.4 is 15.0 Å². The molecule has 7 nitrogen and oxygen atoms in total. The van der Waals surface area contributed by atoms with Gasteiger partial charge in [-0.05, 0) is 6.92 Å². The summed E-state index contributed by atoms with van der Waals surface area (Å²) in [6.07, 6.45) is -2.56. The Morgan fingerprint density at radius 1 is 1.37 bits per heavy atom. The third-order valence-electron chi connectivity index (χ3n) is 2.13. The predicted molar refractivity (Wildman–Crippen MR) is 65.8 cm³/mol. The largest absolute Gasteiger partial charge is 0.467 e. The Labute approximate surface area is 109 Å². The lowest BCUT2D eigenvalue weighted by Crippen LogP contribution is -2.33. The molecule has 0 saturated heterocycles. The first-order valence-electron chi connectivity index (χ1n) is 5.78. The van der Waals surface area contributed by atoms with Gasteiger partial charge in [0, 0.05) is 13.1 Å². The van der Waals surface area contributed by atoms with E-state index in [-0.39, 0.29) is 31.1 Å². The summed E-state index contributed by atoms with van der Waals surface area (Å²) < 4.78 is 29.9. The Hall–Kier alpha value is -1.77. The van der Waals surface area contributed by atoms with Crippen molar-refractivity contribution >= 4 is 11.9 Å². The monoisotopic (exact) mass is 277 g/mol. The van der Waals surface area contributed by atoms with Crippen LogP contribution >= 0.6 is 0 Å². The second-order valence-electron chi connectivity index (χ2n) is 3.54. The number of nitrogens with one attached hydrogen (secondary N) is 1. The highest BCUT2D eigenvalue weighted by Crippen LogP contribution is 2.15. The highest BCUT2D eigenvalue weighted by Gasteiger charge is 2.17. The zero-order chi connectivity index (χ0) is 14.3. The molecule has 0 bridgehead atoms. The zero-order valence-corrected chi connectivity index (χ0v) is 10.8. The van der Waals surface area contributed by atoms with Crippen molar-refractivity contribution in [2.24, 2.45) is 0 Å². The predicted octanol–water partition coefficient (Wildman–Crippen LogP) is 0.376. The maximum atomic E-state index is 12.5. The van der Waals surface area contributed by atoms with E-state index in [4.69, 9.17) is 9.84 Å². The van der Waals surface area contributed by atoms with E-state index in [0.29, 0.717) is 6.54 Å². The Morgan fingerprint density at radius 3 is 2.63 bits per heavy atom. The van der Waals surface area contributed by atoms with Crippen molar-refractivity contribution in [3.8, 4) is 6.01 Å². The zero-order valence-electron chi connectivity index (χ0n) is 10.8. The molecule has 108 valence electrons. The summed E-state index contributed by atoms with van der Waals surface area (Å²) >= 11 is 0. The lowest BCUT2D eigenvalue weighted by molar-refractivity contribution is 0.152. The molecule has 19 heavy (non-hydrogen) atoms. The topological polar surface area (TPSA) is 83.4 Å². The molecule has 1 aromatic rings. The van der Waals surface area contributed by atoms with Gasteiger partial charge in [0.2, 0.25) is 11.9 Å². The van der Waals surface area contributed by atoms with Crippen LogP contribution in [0.1, 0.15) is 6.92 Å². The Kier molecular flexibility index (Phi) is 6.13. The van der Waals surface area contributed by atoms with E-state index >= 15 is 0 Å². The van der Waals surface area contributed by atoms with Gasteiger partial charge in [0.25, 0.3) is 6.43 Å². The molecule has 0 spiro atoms. The molecule has 0 aliphatic heterocycles. The number of ether oxygens (including phenoxy) is 1. The van der Waals surface area contributed by atoms with E-state index < -0.39 is 13.0 Å². The average molecular weight is 277 g/mol. The number of aromatic nitrogens is 3. The first-order valence-corrected chi connectivity index (χ1v) is 5.78. The van der Waals surface area contributed by atoms with Crippen molar-refractivity contribution in [3.05, 3.63) is 0 Å². The number of halogens is 2. The number of methoxy groups -OCH3 is 1. The summed E-state index contributed by atoms with van der Waals surface area (Å²) in [5, 5.41) is 11.8. The number of alkyl halides is 2. The molecule has 0 saturated carbocycles. The highest BCUT2D eigenvalue weighted by molar-refractivity contribution is 5.38. The summed E-state index contributed by atoms with van der Waals surface area (Å²) in [6.45, 7) is 1.57. The fourth-order valence-corrected chi connectivity index (χ4v) is 1.38. The summed E-state index contributed by atoms with van der Waals surface area (Å²) in [5.74, 6) is 0.277. The second-order valence-corrected chi connectivity index (χ2v) is 3.54. The molecule has 0 unspecified atom stereocenters. The van der Waals surface area contributed by atoms with Crippen LogP contribution in [0.3, 0.4) is 0 Å². The van der Waals surface area contributed by atoms with Crippen LogP contribution in [0.15, 0.2) is 0 Å². The molecule has 1 heterocycles. The van der Waals surface area contributed by atoms with E-state index in [9.17, 15) is 8.78 Å². The minimum atomic E-state index is -2.56. The third-order valence-corrected chi connectivity index (χ3v) is 2.13. The molecule has 1 rings (SSSR count). The van der Waals surface area contributed by atoms with Crippen molar-refractivity contribution in [3.63, 3.8) is 0 Å². The summed E-state index contributed by atoms with van der Waals surface area (Å²) in [4.78, 5) is 13.0. The van der Waals surface area contributed by atoms with Gasteiger partial charge in [0.15, 0.2) is 0 Å². The molecule has 0 aliphatic carbocycles. The highest BCUT2D eigenvalue weighted by atomic mass is 19.3. The van der Waals surface area contributed by atoms with E-state index in [1.807, 2.05) is 6.92 Å². The van der Waals surface area contributed by atoms with Crippen LogP contribution in [0.5, 0.6) is 6.01 Å². The van der Waals surface area contributed by atoms with Gasteiger partial charge >= 0.3 is 6.01 Å². The number of anilines is 2. The normalized spacial score (nSPS) is 10.6. The van der Waals surface area contributed by atoms with Crippen molar-refractivity contribution < 1.29 is 18.6 Å². The van der Waals surface area contributed by atoms with Crippen molar-refractivity contribution in [1.29, 1.82) is 0 Å². The van der Waals surface area contributed by atoms with Crippen molar-refractivity contribution in [1.82, 2.24) is 15.0 Å². The molecule has 0 aromatic carbocycles. The van der Waals surface area contributed by atoms with Gasteiger partial charge in [-0.15, -0.1) is 0 Å². The van der Waals surface area contributed by atoms with Gasteiger partial charge in [0.1, 0.15) is 0 Å². The number of aliphatic hydroxyl groups excluding tert-OH is 1. The van der Waals surface area contributed by atoms with E-state index in [0.717, 1.165) is 0 Å². The van der Waals surface area contributed by atoms with E-state index in [2.05, 4.69) is 20.3 Å². The number of hydrogen-bond acceptors (Lipinski definition) is 7. The molecule has 9 heteroatoms. The number of aliphatic hydroxyl groups is 1. The molecular formula is C10H17F2N5O2. The fraction of sp³-hybridized carbons (Fsp3) is 0.700. The molecule has 2 N–H and O–H groups in total. The quantitative estimate of drug-likeness (QED) is 0.710. The minimum Gasteiger partial charge on any atom is -0.467 e. The standard InChI is InChI=1S/C10H17F2N5O2/c1-3-13-8-14-9(16-10(15-8)19-2)17(4-5-18)6-7(11)12/h7,18H,3-6H2,1-2H3,(H,13,14,15,16). The van der Waals surface area contributed by atoms with E-state index in [1.165, 1.54) is 12.0 Å². The number of rotatable bonds is 8. The molecule has 0 fully saturated rings. The van der Waals surface area contributed by atoms with E-state index in [1.54, 1.807) is 0 Å². The number of nitrogens with zero attached hydrogens (tertiary/aromatic N) is 4. The maximum Gasteiger partial charge on any atom is 0.322 e. The smallest absolute Gasteiger partial charge is 0.322 e. The maximum absolute atomic E-state index is 12.5. The SMILES string of the molecule is CCNc1nc(OC)nc(N(CCO)CC(F)F)n1. The number of hydrogen-bond donors (Lipinski definition) is 2. The third kappa shape index (κ3) is 4.78. The molecule has 0 atom stereocenters. The molecular weight excluding hydrogens is 260 g/mol. The van der Waals surface area contributed by atoms with Crippen molar-refractivity contribution in [2.75, 3.05) is 43.6 Å². The summed E-state index contributed by atoms with van der Waals surface area (Å²) in [7, 11) is 1.37. The van der Waals surface area contributed by atoms with Gasteiger partial charge in [-0.1, -0.05) is 0 Å². The molecule has 0 aliphatic rings. The first-order chi connectivity index (χ1) is 9.10. The lowest BCUT2D eigenvalue weighted by Gasteiger charge is -2.21. The van der Waals surface area contributed by atoms with Crippen LogP contribution in [-0.2, 0) is 0 Å². The lowest BCUT2D eigenvalue weighted by atomic mass is 10.5. The van der Waals surface area contributed by atoms with Crippen molar-refractivity contribution in [2.45, 2.75) is 13.3 Å². The fourth-order valence-electron chi connectivity index (χ4n) is 1.38. The van der Waals surface area contributed by atoms with Crippen LogP contribution in [-0.4, -0.2) is 59.8 Å². The van der Waals surface area contributed by atoms with Gasteiger partial charge in [-0.3, -0.25) is 0 Å². The van der Waals surface area contributed by atoms with Crippen LogP contribution in [0.2, 0.25) is 0 Å². The average Bonchev–Trinajstić information content (AvgIpc) is 2.37. The molecule has 0 amide bonds. The van der Waals surface area contributed by atoms with Crippen LogP contribution in [0, 0.1) is 0 Å². The summed E-state index contributed by atoms with van der Waals surface area (Å²) in [5.41, 5.74) is 0. The molecule has 0 radical (unpaired) electrons. The summed E-state index contributed by atoms with van der Waals surface area (Å²) in [6, 6.07) is 0.0261.